The van der Waals surface area contributed by atoms with Gasteiger partial charge in [0.15, 0.2) is 16.9 Å². The Labute approximate surface area is 781 Å². The zero-order valence-corrected chi connectivity index (χ0v) is 76.3. The Balaban J connectivity index is 0.000000148. The molecule has 4 aliphatic rings. The Kier molecular flexibility index (Phi) is 28.8. The Bertz CT molecular complexity index is 7000. The number of fused-ring (bicyclic) bond motifs is 3. The average Bonchev–Trinajstić information content (AvgIpc) is 0.751. The number of hydrogen-bond acceptors (Lipinski definition) is 28. The molecule has 4 aliphatic heterocycles. The van der Waals surface area contributed by atoms with Crippen LogP contribution in [0.15, 0.2) is 247 Å². The lowest BCUT2D eigenvalue weighted by molar-refractivity contribution is -0.127. The van der Waals surface area contributed by atoms with Crippen molar-refractivity contribution in [1.29, 1.82) is 0 Å². The van der Waals surface area contributed by atoms with Gasteiger partial charge in [0.25, 0.3) is 16.7 Å². The molecule has 0 spiro atoms. The number of likely N-dealkylation sites (tertiary alicyclic amines) is 1. The van der Waals surface area contributed by atoms with Crippen molar-refractivity contribution in [3.63, 3.8) is 0 Å². The third-order valence-corrected chi connectivity index (χ3v) is 23.9. The molecule has 1 unspecified atom stereocenters. The van der Waals surface area contributed by atoms with E-state index in [1.807, 2.05) is 78.9 Å². The van der Waals surface area contributed by atoms with Crippen LogP contribution in [-0.2, 0) is 20.9 Å². The minimum absolute atomic E-state index is 0.0540. The second kappa shape index (κ2) is 42.1. The van der Waals surface area contributed by atoms with E-state index in [1.54, 1.807) is 123 Å². The van der Waals surface area contributed by atoms with Gasteiger partial charge in [-0.2, -0.15) is 15.0 Å². The summed E-state index contributed by atoms with van der Waals surface area (Å²) in [7, 11) is 12.8. The molecule has 34 nitrogen and oxygen atoms in total. The molecule has 3 amide bonds. The molecule has 4 fully saturated rings. The van der Waals surface area contributed by atoms with E-state index in [2.05, 4.69) is 133 Å². The molecular formula is C100H102F2N24O10. The first-order chi connectivity index (χ1) is 66.0. The highest BCUT2D eigenvalue weighted by Crippen LogP contribution is 2.38. The van der Waals surface area contributed by atoms with Gasteiger partial charge in [-0.05, 0) is 167 Å². The van der Waals surface area contributed by atoms with E-state index in [1.165, 1.54) is 27.5 Å². The van der Waals surface area contributed by atoms with Crippen molar-refractivity contribution < 1.29 is 42.1 Å². The summed E-state index contributed by atoms with van der Waals surface area (Å²) in [5, 5.41) is 15.1. The first kappa shape index (κ1) is 93.0. The lowest BCUT2D eigenvalue weighted by Crippen LogP contribution is -2.44. The van der Waals surface area contributed by atoms with Crippen molar-refractivity contribution in [3.05, 3.63) is 275 Å². The number of nitrogens with one attached hydrogen (secondary N) is 5. The number of hydrogen-bond donors (Lipinski definition) is 5. The molecule has 8 aromatic carbocycles. The zero-order valence-electron chi connectivity index (χ0n) is 76.3. The smallest absolute Gasteiger partial charge is 0.283 e. The minimum atomic E-state index is -0.861. The van der Waals surface area contributed by atoms with Crippen LogP contribution in [0.2, 0.25) is 0 Å². The number of aromatic nitrogens is 12. The number of halogens is 2. The number of ether oxygens (including phenoxy) is 4. The summed E-state index contributed by atoms with van der Waals surface area (Å²) in [4.78, 5) is 136. The Morgan fingerprint density at radius 3 is 1.23 bits per heavy atom. The fourth-order valence-corrected chi connectivity index (χ4v) is 16.6. The molecule has 696 valence electrons. The van der Waals surface area contributed by atoms with E-state index in [4.69, 9.17) is 33.9 Å². The maximum absolute atomic E-state index is 14.2. The second-order valence-corrected chi connectivity index (χ2v) is 32.9. The SMILES string of the molecule is C=CC(=O)N1CCCC(Cn2c(=O)c(-c3ccccc3)nc3cnc(Nc4ccc(N5CCN(C)CC5)cc4OC)nc32)C1.C=CC(=O)Nc1cccc(-n2c(=O)c(-c3cc(F)cc(F)c3)nc3cnc(Nc4ccc(N5CCN(C)CC5)cc4OC)nc32)c1.C=CC(=O)Nc1cccc(-n2c(=O)c(-c3ccc(OC)cc3)nc3cnc(Nc4ccc(N5CCN(C)CC5)cc4OC)nc32)c1. The summed E-state index contributed by atoms with van der Waals surface area (Å²) in [5.74, 6) is 0.720. The van der Waals surface area contributed by atoms with Crippen molar-refractivity contribution in [2.45, 2.75) is 19.4 Å². The van der Waals surface area contributed by atoms with Crippen molar-refractivity contribution >= 4 is 115 Å². The first-order valence-corrected chi connectivity index (χ1v) is 44.2. The first-order valence-electron chi connectivity index (χ1n) is 44.2. The highest BCUT2D eigenvalue weighted by Gasteiger charge is 2.29. The van der Waals surface area contributed by atoms with E-state index in [9.17, 15) is 37.5 Å². The molecule has 6 aromatic heterocycles. The number of anilines is 11. The van der Waals surface area contributed by atoms with E-state index in [0.717, 1.165) is 138 Å². The van der Waals surface area contributed by atoms with E-state index < -0.39 is 28.7 Å². The number of rotatable bonds is 25. The van der Waals surface area contributed by atoms with E-state index >= 15 is 0 Å². The van der Waals surface area contributed by atoms with Crippen LogP contribution < -0.4 is 76.9 Å². The van der Waals surface area contributed by atoms with Gasteiger partial charge in [-0.3, -0.25) is 42.5 Å². The fraction of sp³-hybridized carbons (Fsp3) is 0.250. The van der Waals surface area contributed by atoms with Gasteiger partial charge in [-0.25, -0.2) is 38.7 Å². The summed E-state index contributed by atoms with van der Waals surface area (Å²) >= 11 is 0. The Morgan fingerprint density at radius 1 is 0.412 bits per heavy atom. The summed E-state index contributed by atoms with van der Waals surface area (Å²) in [6, 6.07) is 50.5. The maximum atomic E-state index is 14.2. The van der Waals surface area contributed by atoms with Crippen molar-refractivity contribution in [2.24, 2.45) is 5.92 Å². The summed E-state index contributed by atoms with van der Waals surface area (Å²) in [5.41, 5.74) is 9.09. The predicted octanol–water partition coefficient (Wildman–Crippen LogP) is 13.0. The second-order valence-electron chi connectivity index (χ2n) is 32.9. The largest absolute Gasteiger partial charge is 0.497 e. The normalized spacial score (nSPS) is 14.7. The quantitative estimate of drug-likeness (QED) is 0.0332. The van der Waals surface area contributed by atoms with Gasteiger partial charge in [0, 0.05) is 168 Å². The van der Waals surface area contributed by atoms with E-state index in [-0.39, 0.29) is 69.0 Å². The van der Waals surface area contributed by atoms with Crippen LogP contribution in [0.4, 0.5) is 72.1 Å². The number of piperidine rings is 1. The van der Waals surface area contributed by atoms with Crippen LogP contribution in [0.25, 0.3) is 78.6 Å². The lowest BCUT2D eigenvalue weighted by Gasteiger charge is -2.34. The molecule has 0 radical (unpaired) electrons. The number of likely N-dealkylation sites (N-methyl/N-ethyl adjacent to an activating group) is 3. The molecule has 10 heterocycles. The summed E-state index contributed by atoms with van der Waals surface area (Å²) in [6.45, 7) is 23.8. The molecule has 0 aliphatic carbocycles. The lowest BCUT2D eigenvalue weighted by atomic mass is 9.97. The summed E-state index contributed by atoms with van der Waals surface area (Å²) in [6.07, 6.45) is 10.0. The van der Waals surface area contributed by atoms with Crippen LogP contribution in [0.5, 0.6) is 23.0 Å². The molecule has 14 aromatic rings. The molecule has 0 bridgehead atoms. The van der Waals surface area contributed by atoms with Crippen LogP contribution in [0.3, 0.4) is 0 Å². The molecule has 0 saturated carbocycles. The molecule has 136 heavy (non-hydrogen) atoms. The summed E-state index contributed by atoms with van der Waals surface area (Å²) < 4.78 is 55.2. The van der Waals surface area contributed by atoms with Gasteiger partial charge >= 0.3 is 0 Å². The third-order valence-electron chi connectivity index (χ3n) is 23.9. The molecule has 5 N–H and O–H groups in total. The standard InChI is InChI=1S/C34H34N8O4.C33H30F2N8O3.C33H38N8O3/c1-5-30(43)36-23-7-6-8-25(19-23)42-32-28(37-31(33(42)44)22-9-12-26(45-3)13-10-22)21-35-34(39-32)38-27-14-11-24(20-29(27)46-4)41-17-15-40(2)16-18-41;1-4-29(44)37-23-6-5-7-25(17-23)43-31-27(38-30(32(43)45)20-14-21(34)16-22(35)15-20)19-36-33(40-31)39-26-9-8-24(18-28(26)46-3)42-12-10-41(2)11-13-42;1-4-29(42)40-14-8-9-23(21-40)22-41-31-27(35-30(32(41)43)24-10-6-5-7-11-24)20-34-33(37-31)36-26-13-12-25(19-28(26)44-3)39-17-15-38(2)16-18-39/h5-14,19-21H,1,15-18H2,2-4H3,(H,36,43)(H,35,38,39);4-9,14-19H,1,10-13H2,2-3H3,(H,37,44)(H,36,39,40);4-7,10-13,19-20,23H,1,8-9,14-18,21-22H2,2-3H3,(H,34,36,37). The fourth-order valence-electron chi connectivity index (χ4n) is 16.6. The highest BCUT2D eigenvalue weighted by atomic mass is 19.1. The predicted molar refractivity (Wildman–Crippen MR) is 525 cm³/mol. The maximum Gasteiger partial charge on any atom is 0.283 e. The highest BCUT2D eigenvalue weighted by molar-refractivity contribution is 6.00. The number of carbonyl (C=O) groups excluding carboxylic acids is 3. The van der Waals surface area contributed by atoms with Gasteiger partial charge in [0.05, 0.1) is 75.5 Å². The number of benzene rings is 8. The van der Waals surface area contributed by atoms with E-state index in [0.29, 0.717) is 117 Å². The number of methoxy groups -OCH3 is 4. The average molecular weight is 1840 g/mol. The Morgan fingerprint density at radius 2 is 0.816 bits per heavy atom. The van der Waals surface area contributed by atoms with Gasteiger partial charge < -0.3 is 79.8 Å². The third kappa shape index (κ3) is 21.4. The monoisotopic (exact) mass is 1840 g/mol. The molecule has 1 atom stereocenters. The van der Waals surface area contributed by atoms with Crippen molar-refractivity contribution in [3.8, 4) is 68.1 Å². The number of amides is 3. The van der Waals surface area contributed by atoms with Crippen LogP contribution in [0.1, 0.15) is 12.8 Å². The van der Waals surface area contributed by atoms with Gasteiger partial charge in [0.1, 0.15) is 68.3 Å². The number of carbonyl (C=O) groups is 3. The van der Waals surface area contributed by atoms with Gasteiger partial charge in [-0.15, -0.1) is 0 Å². The number of piperazine rings is 3. The molecular weight excluding hydrogens is 1740 g/mol. The topological polar surface area (TPSA) is 353 Å². The van der Waals surface area contributed by atoms with Crippen LogP contribution in [0, 0.1) is 17.6 Å². The molecule has 18 rings (SSSR count). The van der Waals surface area contributed by atoms with Crippen molar-refractivity contribution in [1.82, 2.24) is 78.2 Å². The molecule has 4 saturated heterocycles. The van der Waals surface area contributed by atoms with Crippen molar-refractivity contribution in [2.75, 3.05) is 182 Å². The van der Waals surface area contributed by atoms with Crippen LogP contribution in [-0.4, -0.2) is 237 Å². The van der Waals surface area contributed by atoms with Gasteiger partial charge in [0.2, 0.25) is 35.6 Å². The van der Waals surface area contributed by atoms with Crippen LogP contribution >= 0.6 is 0 Å². The zero-order chi connectivity index (χ0) is 95.2. The Hall–Kier alpha value is -16.2. The molecule has 36 heteroatoms. The van der Waals surface area contributed by atoms with Gasteiger partial charge in [-0.1, -0.05) is 62.2 Å². The number of nitrogens with zero attached hydrogens (tertiary/aromatic N) is 19. The minimum Gasteiger partial charge on any atom is -0.497 e.